The number of nitrogens with one attached hydrogen (secondary N) is 1. The van der Waals surface area contributed by atoms with E-state index in [9.17, 15) is 4.79 Å². The van der Waals surface area contributed by atoms with Crippen LogP contribution in [0.15, 0.2) is 24.3 Å². The van der Waals surface area contributed by atoms with E-state index < -0.39 is 5.97 Å². The van der Waals surface area contributed by atoms with Crippen LogP contribution in [0.5, 0.6) is 0 Å². The van der Waals surface area contributed by atoms with Gasteiger partial charge in [-0.1, -0.05) is 6.07 Å². The molecule has 1 heterocycles. The Labute approximate surface area is 94.2 Å². The molecule has 1 fully saturated rings. The molecule has 4 heteroatoms. The molecular formula is C12H15NO3. The number of benzene rings is 1. The number of ether oxygens (including phenoxy) is 1. The zero-order valence-electron chi connectivity index (χ0n) is 9.19. The molecule has 1 aromatic carbocycles. The van der Waals surface area contributed by atoms with Gasteiger partial charge in [0.15, 0.2) is 0 Å². The molecule has 0 aromatic heterocycles. The number of hydrogen-bond acceptors (Lipinski definition) is 3. The minimum absolute atomic E-state index is 0.0862. The van der Waals surface area contributed by atoms with Crippen LogP contribution in [0, 0.1) is 0 Å². The van der Waals surface area contributed by atoms with Crippen LogP contribution in [0.3, 0.4) is 0 Å². The smallest absolute Gasteiger partial charge is 0.335 e. The number of hydrogen-bond donors (Lipinski definition) is 2. The predicted octanol–water partition coefficient (Wildman–Crippen LogP) is 1.98. The van der Waals surface area contributed by atoms with Gasteiger partial charge in [-0.3, -0.25) is 0 Å². The Bertz CT molecular complexity index is 397. The standard InChI is InChI=1S/C12H15NO3/c1-12(5-6-16-8-12)13-10-4-2-3-9(7-10)11(14)15/h2-4,7,13H,5-6,8H2,1H3,(H,14,15). The summed E-state index contributed by atoms with van der Waals surface area (Å²) in [5, 5.41) is 12.2. The first kappa shape index (κ1) is 11.0. The van der Waals surface area contributed by atoms with Crippen molar-refractivity contribution in [3.05, 3.63) is 29.8 Å². The molecule has 1 aliphatic rings. The van der Waals surface area contributed by atoms with Crippen LogP contribution in [-0.2, 0) is 4.74 Å². The van der Waals surface area contributed by atoms with Crippen molar-refractivity contribution in [1.29, 1.82) is 0 Å². The van der Waals surface area contributed by atoms with Gasteiger partial charge in [0, 0.05) is 12.3 Å². The van der Waals surface area contributed by atoms with Gasteiger partial charge in [0.05, 0.1) is 17.7 Å². The SMILES string of the molecule is CC1(Nc2cccc(C(=O)O)c2)CCOC1. The van der Waals surface area contributed by atoms with Crippen LogP contribution in [0.1, 0.15) is 23.7 Å². The van der Waals surface area contributed by atoms with E-state index in [1.54, 1.807) is 18.2 Å². The van der Waals surface area contributed by atoms with E-state index in [0.29, 0.717) is 12.2 Å². The number of carboxylic acid groups (broad SMARTS) is 1. The van der Waals surface area contributed by atoms with E-state index in [0.717, 1.165) is 18.7 Å². The summed E-state index contributed by atoms with van der Waals surface area (Å²) in [6, 6.07) is 6.84. The van der Waals surface area contributed by atoms with Crippen molar-refractivity contribution >= 4 is 11.7 Å². The monoisotopic (exact) mass is 221 g/mol. The molecule has 0 aliphatic carbocycles. The molecular weight excluding hydrogens is 206 g/mol. The molecule has 86 valence electrons. The van der Waals surface area contributed by atoms with E-state index >= 15 is 0 Å². The summed E-state index contributed by atoms with van der Waals surface area (Å²) in [6.07, 6.45) is 0.935. The van der Waals surface area contributed by atoms with Crippen molar-refractivity contribution in [2.75, 3.05) is 18.5 Å². The lowest BCUT2D eigenvalue weighted by Gasteiger charge is -2.25. The molecule has 4 nitrogen and oxygen atoms in total. The van der Waals surface area contributed by atoms with Crippen molar-refractivity contribution in [3.63, 3.8) is 0 Å². The Kier molecular flexibility index (Phi) is 2.83. The molecule has 0 bridgehead atoms. The van der Waals surface area contributed by atoms with Gasteiger partial charge in [-0.25, -0.2) is 4.79 Å². The maximum absolute atomic E-state index is 10.8. The zero-order valence-corrected chi connectivity index (χ0v) is 9.19. The summed E-state index contributed by atoms with van der Waals surface area (Å²) in [5.74, 6) is -0.906. The van der Waals surface area contributed by atoms with Crippen molar-refractivity contribution in [2.24, 2.45) is 0 Å². The third kappa shape index (κ3) is 2.33. The van der Waals surface area contributed by atoms with Crippen LogP contribution in [0.25, 0.3) is 0 Å². The first-order valence-corrected chi connectivity index (χ1v) is 5.28. The fourth-order valence-electron chi connectivity index (χ4n) is 1.84. The third-order valence-electron chi connectivity index (χ3n) is 2.77. The molecule has 1 saturated heterocycles. The molecule has 2 rings (SSSR count). The Balaban J connectivity index is 2.15. The number of rotatable bonds is 3. The summed E-state index contributed by atoms with van der Waals surface area (Å²) in [5.41, 5.74) is 1.04. The van der Waals surface area contributed by atoms with Gasteiger partial charge >= 0.3 is 5.97 Å². The third-order valence-corrected chi connectivity index (χ3v) is 2.77. The second-order valence-electron chi connectivity index (χ2n) is 4.37. The van der Waals surface area contributed by atoms with Gasteiger partial charge in [0.2, 0.25) is 0 Å². The maximum atomic E-state index is 10.8. The van der Waals surface area contributed by atoms with Crippen LogP contribution in [0.4, 0.5) is 5.69 Å². The van der Waals surface area contributed by atoms with E-state index in [4.69, 9.17) is 9.84 Å². The number of anilines is 1. The second kappa shape index (κ2) is 4.14. The average molecular weight is 221 g/mol. The Hall–Kier alpha value is -1.55. The van der Waals surface area contributed by atoms with Crippen LogP contribution < -0.4 is 5.32 Å². The number of carbonyl (C=O) groups is 1. The predicted molar refractivity (Wildman–Crippen MR) is 60.9 cm³/mol. The summed E-state index contributed by atoms with van der Waals surface area (Å²) in [4.78, 5) is 10.8. The highest BCUT2D eigenvalue weighted by Gasteiger charge is 2.29. The topological polar surface area (TPSA) is 58.6 Å². The van der Waals surface area contributed by atoms with E-state index in [-0.39, 0.29) is 5.54 Å². The largest absolute Gasteiger partial charge is 0.478 e. The highest BCUT2D eigenvalue weighted by molar-refractivity contribution is 5.88. The Morgan fingerprint density at radius 3 is 3.00 bits per heavy atom. The van der Waals surface area contributed by atoms with Crippen LogP contribution in [-0.4, -0.2) is 29.8 Å². The first-order valence-electron chi connectivity index (χ1n) is 5.28. The maximum Gasteiger partial charge on any atom is 0.335 e. The van der Waals surface area contributed by atoms with Crippen LogP contribution >= 0.6 is 0 Å². The second-order valence-corrected chi connectivity index (χ2v) is 4.37. The van der Waals surface area contributed by atoms with Gasteiger partial charge in [0.1, 0.15) is 0 Å². The van der Waals surface area contributed by atoms with Crippen LogP contribution in [0.2, 0.25) is 0 Å². The molecule has 0 radical (unpaired) electrons. The molecule has 1 aromatic rings. The first-order chi connectivity index (χ1) is 7.59. The molecule has 1 unspecified atom stereocenters. The minimum Gasteiger partial charge on any atom is -0.478 e. The Morgan fingerprint density at radius 1 is 1.56 bits per heavy atom. The molecule has 0 saturated carbocycles. The van der Waals surface area contributed by atoms with Crippen molar-refractivity contribution in [3.8, 4) is 0 Å². The normalized spacial score (nSPS) is 24.3. The van der Waals surface area contributed by atoms with Gasteiger partial charge < -0.3 is 15.2 Å². The molecule has 0 amide bonds. The fraction of sp³-hybridized carbons (Fsp3) is 0.417. The van der Waals surface area contributed by atoms with Crippen molar-refractivity contribution in [1.82, 2.24) is 0 Å². The molecule has 16 heavy (non-hydrogen) atoms. The highest BCUT2D eigenvalue weighted by atomic mass is 16.5. The lowest BCUT2D eigenvalue weighted by molar-refractivity contribution is 0.0697. The summed E-state index contributed by atoms with van der Waals surface area (Å²) in [7, 11) is 0. The number of aromatic carboxylic acids is 1. The Morgan fingerprint density at radius 2 is 2.38 bits per heavy atom. The number of carboxylic acids is 1. The van der Waals surface area contributed by atoms with Crippen molar-refractivity contribution in [2.45, 2.75) is 18.9 Å². The minimum atomic E-state index is -0.906. The van der Waals surface area contributed by atoms with E-state index in [1.165, 1.54) is 0 Å². The molecule has 0 spiro atoms. The lowest BCUT2D eigenvalue weighted by Crippen LogP contribution is -2.34. The average Bonchev–Trinajstić information content (AvgIpc) is 2.65. The van der Waals surface area contributed by atoms with Gasteiger partial charge in [-0.2, -0.15) is 0 Å². The summed E-state index contributed by atoms with van der Waals surface area (Å²) in [6.45, 7) is 3.49. The van der Waals surface area contributed by atoms with E-state index in [2.05, 4.69) is 12.2 Å². The van der Waals surface area contributed by atoms with Gasteiger partial charge in [-0.05, 0) is 31.5 Å². The lowest BCUT2D eigenvalue weighted by atomic mass is 10.0. The van der Waals surface area contributed by atoms with Crippen molar-refractivity contribution < 1.29 is 14.6 Å². The quantitative estimate of drug-likeness (QED) is 0.819. The van der Waals surface area contributed by atoms with Gasteiger partial charge in [-0.15, -0.1) is 0 Å². The molecule has 1 atom stereocenters. The zero-order chi connectivity index (χ0) is 11.6. The fourth-order valence-corrected chi connectivity index (χ4v) is 1.84. The molecule has 1 aliphatic heterocycles. The summed E-state index contributed by atoms with van der Waals surface area (Å²) >= 11 is 0. The summed E-state index contributed by atoms with van der Waals surface area (Å²) < 4.78 is 5.33. The highest BCUT2D eigenvalue weighted by Crippen LogP contribution is 2.24. The van der Waals surface area contributed by atoms with E-state index in [1.807, 2.05) is 6.07 Å². The van der Waals surface area contributed by atoms with Gasteiger partial charge in [0.25, 0.3) is 0 Å². The molecule has 2 N–H and O–H groups in total.